The molecule has 0 atom stereocenters. The second kappa shape index (κ2) is 5.49. The minimum atomic E-state index is 0.554. The van der Waals surface area contributed by atoms with Crippen LogP contribution in [0.25, 0.3) is 22.9 Å². The maximum Gasteiger partial charge on any atom is 0.180 e. The number of hydrogen-bond acceptors (Lipinski definition) is 7. The SMILES string of the molecule is c1cnc(-c2cc(-c3ccon3)n(Cc3cscn3)n2)nc1. The molecule has 22 heavy (non-hydrogen) atoms. The molecule has 0 unspecified atom stereocenters. The molecule has 0 N–H and O–H groups in total. The maximum absolute atomic E-state index is 4.94. The van der Waals surface area contributed by atoms with Gasteiger partial charge in [0.15, 0.2) is 5.82 Å². The van der Waals surface area contributed by atoms with E-state index in [0.29, 0.717) is 23.8 Å². The molecule has 0 amide bonds. The summed E-state index contributed by atoms with van der Waals surface area (Å²) in [6, 6.07) is 5.47. The molecule has 4 aromatic rings. The summed E-state index contributed by atoms with van der Waals surface area (Å²) >= 11 is 1.55. The van der Waals surface area contributed by atoms with Gasteiger partial charge in [0.25, 0.3) is 0 Å². The highest BCUT2D eigenvalue weighted by atomic mass is 32.1. The van der Waals surface area contributed by atoms with Crippen molar-refractivity contribution in [2.24, 2.45) is 0 Å². The first-order chi connectivity index (χ1) is 10.9. The highest BCUT2D eigenvalue weighted by Crippen LogP contribution is 2.23. The van der Waals surface area contributed by atoms with Gasteiger partial charge in [0.2, 0.25) is 0 Å². The predicted octanol–water partition coefficient (Wildman–Crippen LogP) is 2.50. The molecule has 0 radical (unpaired) electrons. The van der Waals surface area contributed by atoms with Crippen molar-refractivity contribution >= 4 is 11.3 Å². The first kappa shape index (κ1) is 12.8. The Hall–Kier alpha value is -2.87. The normalized spacial score (nSPS) is 10.9. The first-order valence-corrected chi connectivity index (χ1v) is 7.47. The van der Waals surface area contributed by atoms with E-state index in [4.69, 9.17) is 4.52 Å². The highest BCUT2D eigenvalue weighted by Gasteiger charge is 2.15. The smallest absolute Gasteiger partial charge is 0.180 e. The molecule has 0 spiro atoms. The lowest BCUT2D eigenvalue weighted by atomic mass is 10.2. The molecule has 0 aliphatic rings. The maximum atomic E-state index is 4.94. The van der Waals surface area contributed by atoms with Gasteiger partial charge < -0.3 is 4.52 Å². The van der Waals surface area contributed by atoms with Gasteiger partial charge in [-0.25, -0.2) is 15.0 Å². The Morgan fingerprint density at radius 1 is 1.14 bits per heavy atom. The van der Waals surface area contributed by atoms with Crippen molar-refractivity contribution in [3.63, 3.8) is 0 Å². The Morgan fingerprint density at radius 2 is 2.05 bits per heavy atom. The van der Waals surface area contributed by atoms with Gasteiger partial charge >= 0.3 is 0 Å². The highest BCUT2D eigenvalue weighted by molar-refractivity contribution is 7.07. The second-order valence-electron chi connectivity index (χ2n) is 4.51. The molecule has 0 aromatic carbocycles. The van der Waals surface area contributed by atoms with Crippen LogP contribution in [0.2, 0.25) is 0 Å². The molecule has 0 fully saturated rings. The van der Waals surface area contributed by atoms with Crippen molar-refractivity contribution in [1.82, 2.24) is 29.9 Å². The minimum Gasteiger partial charge on any atom is -0.364 e. The molecule has 0 saturated heterocycles. The summed E-state index contributed by atoms with van der Waals surface area (Å²) in [6.07, 6.45) is 4.92. The monoisotopic (exact) mass is 310 g/mol. The van der Waals surface area contributed by atoms with Crippen molar-refractivity contribution in [3.8, 4) is 22.9 Å². The first-order valence-electron chi connectivity index (χ1n) is 6.53. The Morgan fingerprint density at radius 3 is 2.77 bits per heavy atom. The van der Waals surface area contributed by atoms with E-state index in [1.807, 2.05) is 16.1 Å². The molecule has 0 bridgehead atoms. The lowest BCUT2D eigenvalue weighted by Crippen LogP contribution is -2.04. The van der Waals surface area contributed by atoms with Gasteiger partial charge in [0, 0.05) is 23.8 Å². The lowest BCUT2D eigenvalue weighted by Gasteiger charge is -2.02. The van der Waals surface area contributed by atoms with Gasteiger partial charge in [0.05, 0.1) is 23.4 Å². The van der Waals surface area contributed by atoms with Crippen LogP contribution in [0.5, 0.6) is 0 Å². The zero-order valence-electron chi connectivity index (χ0n) is 11.3. The molecule has 0 saturated carbocycles. The van der Waals surface area contributed by atoms with Crippen LogP contribution >= 0.6 is 11.3 Å². The van der Waals surface area contributed by atoms with Gasteiger partial charge in [-0.1, -0.05) is 5.16 Å². The molecular weight excluding hydrogens is 300 g/mol. The fourth-order valence-electron chi connectivity index (χ4n) is 2.10. The van der Waals surface area contributed by atoms with E-state index in [1.54, 1.807) is 41.4 Å². The van der Waals surface area contributed by atoms with Gasteiger partial charge in [-0.3, -0.25) is 4.68 Å². The summed E-state index contributed by atoms with van der Waals surface area (Å²) in [5, 5.41) is 10.6. The standard InChI is InChI=1S/C14H10N6OS/c1-3-15-14(16-4-1)12-6-13(11-2-5-21-19-11)20(18-12)7-10-8-22-9-17-10/h1-6,8-9H,7H2. The van der Waals surface area contributed by atoms with Gasteiger partial charge in [0.1, 0.15) is 17.7 Å². The molecule has 0 aliphatic heterocycles. The van der Waals surface area contributed by atoms with Crippen LogP contribution in [0.1, 0.15) is 5.69 Å². The molecule has 0 aliphatic carbocycles. The molecule has 4 heterocycles. The van der Waals surface area contributed by atoms with Crippen molar-refractivity contribution in [1.29, 1.82) is 0 Å². The molecular formula is C14H10N6OS. The van der Waals surface area contributed by atoms with E-state index in [0.717, 1.165) is 11.4 Å². The van der Waals surface area contributed by atoms with Crippen molar-refractivity contribution in [2.45, 2.75) is 6.54 Å². The van der Waals surface area contributed by atoms with Crippen molar-refractivity contribution < 1.29 is 4.52 Å². The van der Waals surface area contributed by atoms with E-state index in [1.165, 1.54) is 6.26 Å². The Kier molecular flexibility index (Phi) is 3.20. The third kappa shape index (κ3) is 2.40. The van der Waals surface area contributed by atoms with Crippen LogP contribution < -0.4 is 0 Å². The molecule has 4 aromatic heterocycles. The number of aromatic nitrogens is 6. The molecule has 8 heteroatoms. The molecule has 108 valence electrons. The van der Waals surface area contributed by atoms with Crippen LogP contribution in [-0.2, 0) is 6.54 Å². The van der Waals surface area contributed by atoms with E-state index in [9.17, 15) is 0 Å². The van der Waals surface area contributed by atoms with Crippen LogP contribution in [0.4, 0.5) is 0 Å². The quantitative estimate of drug-likeness (QED) is 0.576. The summed E-state index contributed by atoms with van der Waals surface area (Å²) in [7, 11) is 0. The van der Waals surface area contributed by atoms with Crippen molar-refractivity contribution in [3.05, 3.63) is 53.4 Å². The third-order valence-corrected chi connectivity index (χ3v) is 3.71. The predicted molar refractivity (Wildman–Crippen MR) is 80.0 cm³/mol. The van der Waals surface area contributed by atoms with E-state index in [-0.39, 0.29) is 0 Å². The Labute approximate surface area is 129 Å². The summed E-state index contributed by atoms with van der Waals surface area (Å²) in [5.41, 5.74) is 4.98. The number of thiazole rings is 1. The zero-order valence-corrected chi connectivity index (χ0v) is 12.1. The van der Waals surface area contributed by atoms with Crippen molar-refractivity contribution in [2.75, 3.05) is 0 Å². The topological polar surface area (TPSA) is 82.5 Å². The van der Waals surface area contributed by atoms with Gasteiger partial charge in [-0.2, -0.15) is 5.10 Å². The lowest BCUT2D eigenvalue weighted by molar-refractivity contribution is 0.421. The summed E-state index contributed by atoms with van der Waals surface area (Å²) in [6.45, 7) is 0.554. The van der Waals surface area contributed by atoms with Crippen LogP contribution in [0.3, 0.4) is 0 Å². The van der Waals surface area contributed by atoms with Crippen LogP contribution in [0.15, 0.2) is 52.3 Å². The van der Waals surface area contributed by atoms with E-state index < -0.39 is 0 Å². The third-order valence-electron chi connectivity index (χ3n) is 3.07. The molecule has 4 rings (SSSR count). The largest absolute Gasteiger partial charge is 0.364 e. The minimum absolute atomic E-state index is 0.554. The van der Waals surface area contributed by atoms with E-state index >= 15 is 0 Å². The van der Waals surface area contributed by atoms with Crippen LogP contribution in [0, 0.1) is 0 Å². The van der Waals surface area contributed by atoms with Crippen LogP contribution in [-0.4, -0.2) is 29.9 Å². The second-order valence-corrected chi connectivity index (χ2v) is 5.23. The average Bonchev–Trinajstić information content (AvgIpc) is 3.30. The van der Waals surface area contributed by atoms with Gasteiger partial charge in [-0.05, 0) is 12.1 Å². The van der Waals surface area contributed by atoms with E-state index in [2.05, 4.69) is 25.2 Å². The number of rotatable bonds is 4. The summed E-state index contributed by atoms with van der Waals surface area (Å²) in [4.78, 5) is 12.8. The zero-order chi connectivity index (χ0) is 14.8. The molecule has 7 nitrogen and oxygen atoms in total. The van der Waals surface area contributed by atoms with Gasteiger partial charge in [-0.15, -0.1) is 11.3 Å². The Bertz CT molecular complexity index is 854. The Balaban J connectivity index is 1.79. The number of hydrogen-bond donors (Lipinski definition) is 0. The number of nitrogens with zero attached hydrogens (tertiary/aromatic N) is 6. The fourth-order valence-corrected chi connectivity index (χ4v) is 2.65. The fraction of sp³-hybridized carbons (Fsp3) is 0.0714. The summed E-state index contributed by atoms with van der Waals surface area (Å²) in [5.74, 6) is 0.573. The average molecular weight is 310 g/mol. The summed E-state index contributed by atoms with van der Waals surface area (Å²) < 4.78 is 6.77.